The Morgan fingerprint density at radius 2 is 1.94 bits per heavy atom. The van der Waals surface area contributed by atoms with Crippen molar-refractivity contribution >= 4 is 23.4 Å². The summed E-state index contributed by atoms with van der Waals surface area (Å²) in [7, 11) is 0. The number of halogens is 1. The van der Waals surface area contributed by atoms with E-state index in [1.165, 1.54) is 17.7 Å². The minimum Gasteiger partial charge on any atom is -0.313 e. The highest BCUT2D eigenvalue weighted by Gasteiger charge is 2.02. The Bertz CT molecular complexity index is 300. The number of benzene rings is 1. The van der Waals surface area contributed by atoms with Crippen LogP contribution >= 0.6 is 23.4 Å². The summed E-state index contributed by atoms with van der Waals surface area (Å²) in [5, 5.41) is 4.40. The lowest BCUT2D eigenvalue weighted by atomic mass is 10.2. The van der Waals surface area contributed by atoms with Crippen molar-refractivity contribution in [1.29, 1.82) is 0 Å². The first-order valence-corrected chi connectivity index (χ1v) is 7.25. The summed E-state index contributed by atoms with van der Waals surface area (Å²) in [5.74, 6) is 1.07. The highest BCUT2D eigenvalue weighted by molar-refractivity contribution is 7.99. The quantitative estimate of drug-likeness (QED) is 0.580. The van der Waals surface area contributed by atoms with Gasteiger partial charge in [-0.3, -0.25) is 0 Å². The van der Waals surface area contributed by atoms with Crippen LogP contribution in [0.2, 0.25) is 5.02 Å². The molecule has 90 valence electrons. The zero-order valence-electron chi connectivity index (χ0n) is 10.0. The number of nitrogens with one attached hydrogen (secondary N) is 1. The molecule has 16 heavy (non-hydrogen) atoms. The van der Waals surface area contributed by atoms with E-state index >= 15 is 0 Å². The normalized spacial score (nSPS) is 11.0. The van der Waals surface area contributed by atoms with E-state index < -0.39 is 0 Å². The molecule has 0 bridgehead atoms. The molecule has 3 heteroatoms. The van der Waals surface area contributed by atoms with E-state index in [0.29, 0.717) is 6.04 Å². The molecule has 0 aromatic heterocycles. The maximum atomic E-state index is 6.08. The number of hydrogen-bond donors (Lipinski definition) is 1. The summed E-state index contributed by atoms with van der Waals surface area (Å²) in [6, 6.07) is 8.67. The minimum atomic E-state index is 0.659. The molecule has 0 unspecified atom stereocenters. The SMILES string of the molecule is CCC(CC)NCCSc1ccccc1Cl. The van der Waals surface area contributed by atoms with E-state index in [1.54, 1.807) is 0 Å². The van der Waals surface area contributed by atoms with Gasteiger partial charge in [0.15, 0.2) is 0 Å². The van der Waals surface area contributed by atoms with E-state index in [2.05, 4.69) is 25.2 Å². The van der Waals surface area contributed by atoms with Crippen LogP contribution in [0.15, 0.2) is 29.2 Å². The molecule has 0 aliphatic heterocycles. The van der Waals surface area contributed by atoms with Gasteiger partial charge in [-0.15, -0.1) is 11.8 Å². The van der Waals surface area contributed by atoms with Gasteiger partial charge in [-0.2, -0.15) is 0 Å². The van der Waals surface area contributed by atoms with Crippen LogP contribution in [0.25, 0.3) is 0 Å². The Morgan fingerprint density at radius 1 is 1.25 bits per heavy atom. The summed E-state index contributed by atoms with van der Waals surface area (Å²) in [6.07, 6.45) is 2.40. The lowest BCUT2D eigenvalue weighted by molar-refractivity contribution is 0.501. The number of hydrogen-bond acceptors (Lipinski definition) is 2. The maximum Gasteiger partial charge on any atom is 0.0541 e. The predicted molar refractivity (Wildman–Crippen MR) is 74.5 cm³/mol. The predicted octanol–water partition coefficient (Wildman–Crippen LogP) is 4.21. The lowest BCUT2D eigenvalue weighted by Gasteiger charge is -2.14. The molecular weight excluding hydrogens is 238 g/mol. The molecule has 0 atom stereocenters. The van der Waals surface area contributed by atoms with E-state index in [9.17, 15) is 0 Å². The van der Waals surface area contributed by atoms with Gasteiger partial charge in [0.25, 0.3) is 0 Å². The molecule has 0 spiro atoms. The van der Waals surface area contributed by atoms with Crippen molar-refractivity contribution in [2.24, 2.45) is 0 Å². The van der Waals surface area contributed by atoms with Crippen molar-refractivity contribution in [3.63, 3.8) is 0 Å². The van der Waals surface area contributed by atoms with Gasteiger partial charge in [0.1, 0.15) is 0 Å². The van der Waals surface area contributed by atoms with Gasteiger partial charge < -0.3 is 5.32 Å². The van der Waals surface area contributed by atoms with Crippen LogP contribution in [-0.4, -0.2) is 18.3 Å². The largest absolute Gasteiger partial charge is 0.313 e. The molecule has 0 saturated heterocycles. The van der Waals surface area contributed by atoms with Crippen LogP contribution in [0.4, 0.5) is 0 Å². The first-order chi connectivity index (χ1) is 7.77. The minimum absolute atomic E-state index is 0.659. The van der Waals surface area contributed by atoms with Crippen molar-refractivity contribution in [3.8, 4) is 0 Å². The number of rotatable bonds is 7. The average molecular weight is 258 g/mol. The van der Waals surface area contributed by atoms with Crippen molar-refractivity contribution in [2.45, 2.75) is 37.6 Å². The van der Waals surface area contributed by atoms with Crippen molar-refractivity contribution in [1.82, 2.24) is 5.32 Å². The Labute approximate surface area is 108 Å². The summed E-state index contributed by atoms with van der Waals surface area (Å²) in [4.78, 5) is 1.18. The monoisotopic (exact) mass is 257 g/mol. The molecule has 1 rings (SSSR count). The summed E-state index contributed by atoms with van der Waals surface area (Å²) >= 11 is 7.89. The van der Waals surface area contributed by atoms with Crippen LogP contribution < -0.4 is 5.32 Å². The second kappa shape index (κ2) is 7.99. The van der Waals surface area contributed by atoms with E-state index in [1.807, 2.05) is 30.0 Å². The third-order valence-electron chi connectivity index (χ3n) is 2.61. The van der Waals surface area contributed by atoms with E-state index in [4.69, 9.17) is 11.6 Å². The molecular formula is C13H20ClNS. The van der Waals surface area contributed by atoms with Crippen LogP contribution in [-0.2, 0) is 0 Å². The third-order valence-corrected chi connectivity index (χ3v) is 4.13. The number of thioether (sulfide) groups is 1. The summed E-state index contributed by atoms with van der Waals surface area (Å²) in [6.45, 7) is 5.49. The zero-order valence-corrected chi connectivity index (χ0v) is 11.6. The first-order valence-electron chi connectivity index (χ1n) is 5.88. The van der Waals surface area contributed by atoms with Crippen LogP contribution in [0.3, 0.4) is 0 Å². The summed E-state index contributed by atoms with van der Waals surface area (Å²) in [5.41, 5.74) is 0. The highest BCUT2D eigenvalue weighted by Crippen LogP contribution is 2.25. The van der Waals surface area contributed by atoms with Gasteiger partial charge in [-0.1, -0.05) is 37.6 Å². The van der Waals surface area contributed by atoms with Gasteiger partial charge in [-0.25, -0.2) is 0 Å². The van der Waals surface area contributed by atoms with Gasteiger partial charge in [-0.05, 0) is 25.0 Å². The molecule has 0 aliphatic rings. The van der Waals surface area contributed by atoms with Crippen LogP contribution in [0.5, 0.6) is 0 Å². The van der Waals surface area contributed by atoms with Crippen LogP contribution in [0, 0.1) is 0 Å². The lowest BCUT2D eigenvalue weighted by Crippen LogP contribution is -2.29. The van der Waals surface area contributed by atoms with Crippen molar-refractivity contribution < 1.29 is 0 Å². The molecule has 0 amide bonds. The zero-order chi connectivity index (χ0) is 11.8. The van der Waals surface area contributed by atoms with E-state index in [-0.39, 0.29) is 0 Å². The summed E-state index contributed by atoms with van der Waals surface area (Å²) < 4.78 is 0. The fourth-order valence-electron chi connectivity index (χ4n) is 1.56. The first kappa shape index (κ1) is 13.9. The highest BCUT2D eigenvalue weighted by atomic mass is 35.5. The van der Waals surface area contributed by atoms with Gasteiger partial charge in [0, 0.05) is 23.2 Å². The van der Waals surface area contributed by atoms with Crippen LogP contribution in [0.1, 0.15) is 26.7 Å². The fraction of sp³-hybridized carbons (Fsp3) is 0.538. The molecule has 0 aliphatic carbocycles. The van der Waals surface area contributed by atoms with Crippen molar-refractivity contribution in [2.75, 3.05) is 12.3 Å². The van der Waals surface area contributed by atoms with Crippen molar-refractivity contribution in [3.05, 3.63) is 29.3 Å². The Morgan fingerprint density at radius 3 is 2.56 bits per heavy atom. The average Bonchev–Trinajstić information content (AvgIpc) is 2.31. The molecule has 1 N–H and O–H groups in total. The van der Waals surface area contributed by atoms with E-state index in [0.717, 1.165) is 17.3 Å². The van der Waals surface area contributed by atoms with Gasteiger partial charge in [0.05, 0.1) is 5.02 Å². The van der Waals surface area contributed by atoms with Gasteiger partial charge >= 0.3 is 0 Å². The van der Waals surface area contributed by atoms with Gasteiger partial charge in [0.2, 0.25) is 0 Å². The standard InChI is InChI=1S/C13H20ClNS/c1-3-11(4-2)15-9-10-16-13-8-6-5-7-12(13)14/h5-8,11,15H,3-4,9-10H2,1-2H3. The Balaban J connectivity index is 2.23. The maximum absolute atomic E-state index is 6.08. The Hall–Kier alpha value is -0.180. The molecule has 1 aromatic carbocycles. The second-order valence-corrected chi connectivity index (χ2v) is 5.29. The fourth-order valence-corrected chi connectivity index (χ4v) is 2.68. The molecule has 1 nitrogen and oxygen atoms in total. The third kappa shape index (κ3) is 4.77. The molecule has 0 radical (unpaired) electrons. The topological polar surface area (TPSA) is 12.0 Å². The molecule has 0 heterocycles. The second-order valence-electron chi connectivity index (χ2n) is 3.75. The molecule has 1 aromatic rings. The Kier molecular flexibility index (Phi) is 6.93. The smallest absolute Gasteiger partial charge is 0.0541 e. The molecule has 0 saturated carbocycles. The molecule has 0 fully saturated rings.